The Kier molecular flexibility index (Phi) is 5.18. The van der Waals surface area contributed by atoms with Crippen LogP contribution in [0.15, 0.2) is 79.1 Å². The van der Waals surface area contributed by atoms with Gasteiger partial charge in [-0.3, -0.25) is 0 Å². The van der Waals surface area contributed by atoms with Gasteiger partial charge in [-0.1, -0.05) is 47.0 Å². The van der Waals surface area contributed by atoms with E-state index in [1.54, 1.807) is 60.7 Å². The predicted octanol–water partition coefficient (Wildman–Crippen LogP) is 5.76. The lowest BCUT2D eigenvalue weighted by Crippen LogP contribution is -2.21. The first-order valence-corrected chi connectivity index (χ1v) is 10.9. The number of aryl methyl sites for hydroxylation is 2. The molecule has 0 saturated carbocycles. The molecular formula is C27H19ClO6. The van der Waals surface area contributed by atoms with E-state index in [-0.39, 0.29) is 33.8 Å². The molecule has 0 spiro atoms. The average Bonchev–Trinajstić information content (AvgIpc) is 2.80. The van der Waals surface area contributed by atoms with E-state index in [1.807, 2.05) is 13.8 Å². The lowest BCUT2D eigenvalue weighted by molar-refractivity contribution is 0.441. The Bertz CT molecular complexity index is 1590. The van der Waals surface area contributed by atoms with E-state index >= 15 is 0 Å². The Hall–Kier alpha value is -4.03. The highest BCUT2D eigenvalue weighted by Crippen LogP contribution is 2.42. The third kappa shape index (κ3) is 3.53. The molecule has 0 atom stereocenters. The summed E-state index contributed by atoms with van der Waals surface area (Å²) in [6.45, 7) is 3.68. The number of halogens is 1. The molecule has 6 nitrogen and oxygen atoms in total. The molecule has 0 amide bonds. The highest BCUT2D eigenvalue weighted by molar-refractivity contribution is 6.30. The standard InChI is InChI=1S/C27H19ClO6/c1-13-3-9-19-17(11-13)24(29)22(26(31)33-19)21(15-5-7-16(28)8-6-15)23-25(30)18-12-14(2)4-10-20(18)34-27(23)32/h3-12,21,29-30H,1-2H3. The van der Waals surface area contributed by atoms with Gasteiger partial charge in [-0.05, 0) is 55.8 Å². The smallest absolute Gasteiger partial charge is 0.344 e. The van der Waals surface area contributed by atoms with Crippen molar-refractivity contribution in [3.05, 3.63) is 114 Å². The van der Waals surface area contributed by atoms with E-state index < -0.39 is 17.2 Å². The van der Waals surface area contributed by atoms with Crippen LogP contribution in [0.1, 0.15) is 33.7 Å². The molecule has 2 heterocycles. The van der Waals surface area contributed by atoms with Crippen molar-refractivity contribution in [2.45, 2.75) is 19.8 Å². The summed E-state index contributed by atoms with van der Waals surface area (Å²) in [4.78, 5) is 26.3. The number of aromatic hydroxyl groups is 2. The van der Waals surface area contributed by atoms with Crippen LogP contribution in [-0.2, 0) is 0 Å². The van der Waals surface area contributed by atoms with E-state index in [0.29, 0.717) is 21.4 Å². The fourth-order valence-corrected chi connectivity index (χ4v) is 4.40. The van der Waals surface area contributed by atoms with Crippen molar-refractivity contribution in [1.29, 1.82) is 0 Å². The monoisotopic (exact) mass is 474 g/mol. The van der Waals surface area contributed by atoms with Gasteiger partial charge in [0.15, 0.2) is 0 Å². The lowest BCUT2D eigenvalue weighted by atomic mass is 9.84. The Balaban J connectivity index is 1.91. The highest BCUT2D eigenvalue weighted by atomic mass is 35.5. The zero-order chi connectivity index (χ0) is 24.1. The fraction of sp³-hybridized carbons (Fsp3) is 0.111. The minimum absolute atomic E-state index is 0.185. The summed E-state index contributed by atoms with van der Waals surface area (Å²) in [5.74, 6) is -1.85. The zero-order valence-corrected chi connectivity index (χ0v) is 19.0. The molecule has 2 aromatic heterocycles. The first-order valence-electron chi connectivity index (χ1n) is 10.5. The number of hydrogen-bond acceptors (Lipinski definition) is 6. The molecule has 7 heteroatoms. The van der Waals surface area contributed by atoms with Gasteiger partial charge in [0.1, 0.15) is 22.7 Å². The number of benzene rings is 3. The molecule has 0 aliphatic carbocycles. The van der Waals surface area contributed by atoms with Crippen LogP contribution in [-0.4, -0.2) is 10.2 Å². The predicted molar refractivity (Wildman–Crippen MR) is 130 cm³/mol. The van der Waals surface area contributed by atoms with Crippen LogP contribution in [0.25, 0.3) is 21.9 Å². The van der Waals surface area contributed by atoms with Crippen LogP contribution in [0, 0.1) is 13.8 Å². The van der Waals surface area contributed by atoms with Crippen LogP contribution in [0.2, 0.25) is 5.02 Å². The molecule has 0 aliphatic heterocycles. The minimum Gasteiger partial charge on any atom is -0.507 e. The van der Waals surface area contributed by atoms with E-state index in [4.69, 9.17) is 20.4 Å². The molecule has 5 aromatic rings. The number of hydrogen-bond donors (Lipinski definition) is 2. The molecule has 0 radical (unpaired) electrons. The Morgan fingerprint density at radius 2 is 1.15 bits per heavy atom. The Labute approximate surface area is 198 Å². The Morgan fingerprint density at radius 1 is 0.706 bits per heavy atom. The van der Waals surface area contributed by atoms with Gasteiger partial charge in [-0.15, -0.1) is 0 Å². The molecule has 5 rings (SSSR count). The van der Waals surface area contributed by atoms with Crippen LogP contribution < -0.4 is 11.3 Å². The van der Waals surface area contributed by atoms with Gasteiger partial charge in [0.25, 0.3) is 0 Å². The molecule has 170 valence electrons. The summed E-state index contributed by atoms with van der Waals surface area (Å²) in [5.41, 5.74) is 0.491. The second kappa shape index (κ2) is 8.08. The second-order valence-electron chi connectivity index (χ2n) is 8.29. The van der Waals surface area contributed by atoms with Gasteiger partial charge in [-0.2, -0.15) is 0 Å². The normalized spacial score (nSPS) is 11.5. The SMILES string of the molecule is Cc1ccc2oc(=O)c(C(c3ccc(Cl)cc3)c3c(O)c4cc(C)ccc4oc3=O)c(O)c2c1. The largest absolute Gasteiger partial charge is 0.507 e. The third-order valence-corrected chi connectivity index (χ3v) is 6.17. The van der Waals surface area contributed by atoms with Crippen LogP contribution in [0.4, 0.5) is 0 Å². The summed E-state index contributed by atoms with van der Waals surface area (Å²) in [6.07, 6.45) is 0. The molecule has 0 fully saturated rings. The van der Waals surface area contributed by atoms with E-state index in [1.165, 1.54) is 0 Å². The Morgan fingerprint density at radius 3 is 1.59 bits per heavy atom. The lowest BCUT2D eigenvalue weighted by Gasteiger charge is -2.20. The highest BCUT2D eigenvalue weighted by Gasteiger charge is 2.32. The summed E-state index contributed by atoms with van der Waals surface area (Å²) < 4.78 is 11.0. The van der Waals surface area contributed by atoms with Gasteiger partial charge in [0, 0.05) is 5.02 Å². The zero-order valence-electron chi connectivity index (χ0n) is 18.3. The van der Waals surface area contributed by atoms with Gasteiger partial charge in [0.2, 0.25) is 0 Å². The molecule has 2 N–H and O–H groups in total. The van der Waals surface area contributed by atoms with Crippen LogP contribution >= 0.6 is 11.6 Å². The molecule has 34 heavy (non-hydrogen) atoms. The van der Waals surface area contributed by atoms with Crippen molar-refractivity contribution in [2.24, 2.45) is 0 Å². The maximum absolute atomic E-state index is 13.2. The molecule has 3 aromatic carbocycles. The maximum atomic E-state index is 13.2. The third-order valence-electron chi connectivity index (χ3n) is 5.92. The van der Waals surface area contributed by atoms with E-state index in [9.17, 15) is 19.8 Å². The van der Waals surface area contributed by atoms with Crippen molar-refractivity contribution >= 4 is 33.5 Å². The van der Waals surface area contributed by atoms with Gasteiger partial charge in [0.05, 0.1) is 27.8 Å². The summed E-state index contributed by atoms with van der Waals surface area (Å²) in [7, 11) is 0. The van der Waals surface area contributed by atoms with E-state index in [2.05, 4.69) is 0 Å². The summed E-state index contributed by atoms with van der Waals surface area (Å²) in [5, 5.41) is 23.6. The van der Waals surface area contributed by atoms with Crippen LogP contribution in [0.5, 0.6) is 11.5 Å². The van der Waals surface area contributed by atoms with Crippen LogP contribution in [0.3, 0.4) is 0 Å². The number of fused-ring (bicyclic) bond motifs is 2. The fourth-order valence-electron chi connectivity index (χ4n) is 4.27. The quantitative estimate of drug-likeness (QED) is 0.322. The first-order chi connectivity index (χ1) is 16.2. The van der Waals surface area contributed by atoms with Gasteiger partial charge in [-0.25, -0.2) is 9.59 Å². The van der Waals surface area contributed by atoms with Gasteiger partial charge < -0.3 is 19.0 Å². The summed E-state index contributed by atoms with van der Waals surface area (Å²) in [6, 6.07) is 16.5. The van der Waals surface area contributed by atoms with Crippen molar-refractivity contribution in [2.75, 3.05) is 0 Å². The topological polar surface area (TPSA) is 101 Å². The maximum Gasteiger partial charge on any atom is 0.344 e. The molecule has 0 saturated heterocycles. The van der Waals surface area contributed by atoms with Crippen molar-refractivity contribution in [3.8, 4) is 11.5 Å². The first kappa shape index (κ1) is 21.8. The molecule has 0 bridgehead atoms. The number of rotatable bonds is 3. The second-order valence-corrected chi connectivity index (χ2v) is 8.72. The van der Waals surface area contributed by atoms with Crippen molar-refractivity contribution < 1.29 is 19.0 Å². The van der Waals surface area contributed by atoms with Gasteiger partial charge >= 0.3 is 11.3 Å². The molecular weight excluding hydrogens is 456 g/mol. The average molecular weight is 475 g/mol. The molecule has 0 aliphatic rings. The van der Waals surface area contributed by atoms with Crippen molar-refractivity contribution in [1.82, 2.24) is 0 Å². The summed E-state index contributed by atoms with van der Waals surface area (Å²) >= 11 is 6.07. The van der Waals surface area contributed by atoms with Crippen molar-refractivity contribution in [3.63, 3.8) is 0 Å². The van der Waals surface area contributed by atoms with E-state index in [0.717, 1.165) is 11.1 Å². The minimum atomic E-state index is -1.18. The molecule has 0 unspecified atom stereocenters.